The molecule has 0 radical (unpaired) electrons. The van der Waals surface area contributed by atoms with E-state index in [-0.39, 0.29) is 23.5 Å². The number of carbonyl (C=O) groups excluding carboxylic acids is 2. The molecule has 1 aliphatic heterocycles. The lowest BCUT2D eigenvalue weighted by Gasteiger charge is -2.33. The maximum Gasteiger partial charge on any atom is 0.308 e. The van der Waals surface area contributed by atoms with E-state index in [1.807, 2.05) is 6.92 Å². The first-order valence-corrected chi connectivity index (χ1v) is 9.23. The zero-order chi connectivity index (χ0) is 19.6. The fourth-order valence-corrected chi connectivity index (χ4v) is 2.97. The number of hydrogen-bond donors (Lipinski definition) is 3. The highest BCUT2D eigenvalue weighted by Gasteiger charge is 2.26. The standard InChI is InChI=1S/C19H28N4O4/c1-3-20-19(23-12-8-15(9-13-23)18(26)27-2)22-11-10-21-17(25)14-4-6-16(24)7-5-14/h4-7,15,24H,3,8-13H2,1-2H3,(H,20,22)(H,21,25). The minimum Gasteiger partial charge on any atom is -0.508 e. The maximum absolute atomic E-state index is 12.0. The molecule has 0 spiro atoms. The normalized spacial score (nSPS) is 15.3. The quantitative estimate of drug-likeness (QED) is 0.296. The van der Waals surface area contributed by atoms with Gasteiger partial charge < -0.3 is 25.4 Å². The molecule has 1 heterocycles. The summed E-state index contributed by atoms with van der Waals surface area (Å²) >= 11 is 0. The Balaban J connectivity index is 1.82. The summed E-state index contributed by atoms with van der Waals surface area (Å²) < 4.78 is 4.82. The van der Waals surface area contributed by atoms with Crippen LogP contribution in [0.4, 0.5) is 0 Å². The monoisotopic (exact) mass is 376 g/mol. The predicted molar refractivity (Wildman–Crippen MR) is 103 cm³/mol. The van der Waals surface area contributed by atoms with Gasteiger partial charge >= 0.3 is 5.97 Å². The van der Waals surface area contributed by atoms with Crippen LogP contribution in [0.25, 0.3) is 0 Å². The lowest BCUT2D eigenvalue weighted by Crippen LogP contribution is -2.47. The number of nitrogens with one attached hydrogen (secondary N) is 2. The molecule has 8 heteroatoms. The van der Waals surface area contributed by atoms with Crippen molar-refractivity contribution in [2.75, 3.05) is 39.8 Å². The summed E-state index contributed by atoms with van der Waals surface area (Å²) in [5, 5.41) is 15.3. The predicted octanol–water partition coefficient (Wildman–Crippen LogP) is 0.972. The molecule has 148 valence electrons. The number of aromatic hydroxyl groups is 1. The molecule has 1 aromatic carbocycles. The Hall–Kier alpha value is -2.77. The van der Waals surface area contributed by atoms with Crippen LogP contribution in [0, 0.1) is 5.92 Å². The highest BCUT2D eigenvalue weighted by Crippen LogP contribution is 2.18. The van der Waals surface area contributed by atoms with E-state index in [0.717, 1.165) is 38.4 Å². The van der Waals surface area contributed by atoms with Gasteiger partial charge in [0.2, 0.25) is 0 Å². The van der Waals surface area contributed by atoms with E-state index < -0.39 is 0 Å². The van der Waals surface area contributed by atoms with Gasteiger partial charge in [0.1, 0.15) is 5.75 Å². The van der Waals surface area contributed by atoms with Crippen molar-refractivity contribution in [3.05, 3.63) is 29.8 Å². The van der Waals surface area contributed by atoms with Crippen molar-refractivity contribution in [3.8, 4) is 5.75 Å². The Kier molecular flexibility index (Phi) is 7.91. The van der Waals surface area contributed by atoms with E-state index in [2.05, 4.69) is 20.5 Å². The van der Waals surface area contributed by atoms with Gasteiger partial charge in [-0.2, -0.15) is 0 Å². The molecule has 0 saturated carbocycles. The number of ether oxygens (including phenoxy) is 1. The molecule has 27 heavy (non-hydrogen) atoms. The number of esters is 1. The van der Waals surface area contributed by atoms with E-state index in [9.17, 15) is 14.7 Å². The Morgan fingerprint density at radius 3 is 2.48 bits per heavy atom. The van der Waals surface area contributed by atoms with Gasteiger partial charge in [-0.1, -0.05) is 0 Å². The van der Waals surface area contributed by atoms with E-state index in [1.165, 1.54) is 19.2 Å². The van der Waals surface area contributed by atoms with Gasteiger partial charge in [-0.05, 0) is 44.0 Å². The fraction of sp³-hybridized carbons (Fsp3) is 0.526. The summed E-state index contributed by atoms with van der Waals surface area (Å²) in [6.07, 6.45) is 1.49. The van der Waals surface area contributed by atoms with Crippen molar-refractivity contribution in [2.24, 2.45) is 10.9 Å². The first-order valence-electron chi connectivity index (χ1n) is 9.23. The van der Waals surface area contributed by atoms with Gasteiger partial charge in [-0.3, -0.25) is 14.6 Å². The molecule has 1 aliphatic rings. The van der Waals surface area contributed by atoms with Gasteiger partial charge in [0, 0.05) is 31.7 Å². The van der Waals surface area contributed by atoms with E-state index in [1.54, 1.807) is 12.1 Å². The number of amides is 1. The van der Waals surface area contributed by atoms with Crippen molar-refractivity contribution in [2.45, 2.75) is 19.8 Å². The highest BCUT2D eigenvalue weighted by atomic mass is 16.5. The summed E-state index contributed by atoms with van der Waals surface area (Å²) in [6, 6.07) is 6.11. The smallest absolute Gasteiger partial charge is 0.308 e. The van der Waals surface area contributed by atoms with Crippen LogP contribution in [0.15, 0.2) is 29.3 Å². The zero-order valence-electron chi connectivity index (χ0n) is 15.9. The van der Waals surface area contributed by atoms with Crippen LogP contribution in [0.2, 0.25) is 0 Å². The van der Waals surface area contributed by atoms with Gasteiger partial charge in [0.05, 0.1) is 19.6 Å². The molecule has 1 fully saturated rings. The lowest BCUT2D eigenvalue weighted by atomic mass is 9.97. The second kappa shape index (κ2) is 10.4. The first kappa shape index (κ1) is 20.5. The minimum atomic E-state index is -0.200. The van der Waals surface area contributed by atoms with Crippen molar-refractivity contribution in [1.82, 2.24) is 15.5 Å². The average Bonchev–Trinajstić information content (AvgIpc) is 2.70. The molecule has 1 amide bonds. The van der Waals surface area contributed by atoms with Gasteiger partial charge in [0.25, 0.3) is 5.91 Å². The molecule has 1 saturated heterocycles. The third-order valence-electron chi connectivity index (χ3n) is 4.45. The summed E-state index contributed by atoms with van der Waals surface area (Å²) in [4.78, 5) is 30.4. The number of phenolic OH excluding ortho intramolecular Hbond substituents is 1. The minimum absolute atomic E-state index is 0.0428. The van der Waals surface area contributed by atoms with Crippen molar-refractivity contribution >= 4 is 17.8 Å². The molecule has 0 bridgehead atoms. The summed E-state index contributed by atoms with van der Waals surface area (Å²) in [5.41, 5.74) is 0.494. The largest absolute Gasteiger partial charge is 0.508 e. The number of benzene rings is 1. The maximum atomic E-state index is 12.0. The Labute approximate surface area is 159 Å². The number of hydrogen-bond acceptors (Lipinski definition) is 5. The number of methoxy groups -OCH3 is 1. The van der Waals surface area contributed by atoms with E-state index >= 15 is 0 Å². The zero-order valence-corrected chi connectivity index (χ0v) is 15.9. The fourth-order valence-electron chi connectivity index (χ4n) is 2.97. The molecule has 3 N–H and O–H groups in total. The average molecular weight is 376 g/mol. The van der Waals surface area contributed by atoms with Crippen molar-refractivity contribution < 1.29 is 19.4 Å². The summed E-state index contributed by atoms with van der Waals surface area (Å²) in [6.45, 7) is 5.09. The van der Waals surface area contributed by atoms with Crippen LogP contribution in [-0.2, 0) is 9.53 Å². The number of aliphatic imine (C=N–C) groups is 1. The van der Waals surface area contributed by atoms with E-state index in [0.29, 0.717) is 18.7 Å². The third-order valence-corrected chi connectivity index (χ3v) is 4.45. The van der Waals surface area contributed by atoms with Crippen LogP contribution < -0.4 is 10.6 Å². The van der Waals surface area contributed by atoms with Crippen molar-refractivity contribution in [1.29, 1.82) is 0 Å². The molecule has 1 aromatic rings. The number of phenols is 1. The molecular formula is C19H28N4O4. The number of piperidine rings is 1. The van der Waals surface area contributed by atoms with Gasteiger partial charge in [-0.25, -0.2) is 0 Å². The van der Waals surface area contributed by atoms with E-state index in [4.69, 9.17) is 4.74 Å². The second-order valence-corrected chi connectivity index (χ2v) is 6.32. The Bertz CT molecular complexity index is 652. The summed E-state index contributed by atoms with van der Waals surface area (Å²) in [7, 11) is 1.42. The Morgan fingerprint density at radius 2 is 1.89 bits per heavy atom. The third kappa shape index (κ3) is 6.16. The molecule has 0 unspecified atom stereocenters. The number of carbonyl (C=O) groups is 2. The topological polar surface area (TPSA) is 103 Å². The molecule has 0 aromatic heterocycles. The van der Waals surface area contributed by atoms with Crippen LogP contribution in [0.3, 0.4) is 0 Å². The molecule has 0 aliphatic carbocycles. The van der Waals surface area contributed by atoms with Crippen LogP contribution in [-0.4, -0.2) is 67.7 Å². The summed E-state index contributed by atoms with van der Waals surface area (Å²) in [5.74, 6) is 0.531. The molecule has 8 nitrogen and oxygen atoms in total. The van der Waals surface area contributed by atoms with Crippen LogP contribution in [0.1, 0.15) is 30.1 Å². The van der Waals surface area contributed by atoms with Crippen LogP contribution >= 0.6 is 0 Å². The number of rotatable bonds is 6. The number of nitrogens with zero attached hydrogens (tertiary/aromatic N) is 2. The van der Waals surface area contributed by atoms with Crippen LogP contribution in [0.5, 0.6) is 5.75 Å². The molecular weight excluding hydrogens is 348 g/mol. The van der Waals surface area contributed by atoms with Crippen molar-refractivity contribution in [3.63, 3.8) is 0 Å². The highest BCUT2D eigenvalue weighted by molar-refractivity contribution is 5.94. The Morgan fingerprint density at radius 1 is 1.22 bits per heavy atom. The number of guanidine groups is 1. The molecule has 0 atom stereocenters. The number of likely N-dealkylation sites (tertiary alicyclic amines) is 1. The second-order valence-electron chi connectivity index (χ2n) is 6.32. The first-order chi connectivity index (χ1) is 13.0. The van der Waals surface area contributed by atoms with Gasteiger partial charge in [0.15, 0.2) is 5.96 Å². The molecule has 2 rings (SSSR count). The van der Waals surface area contributed by atoms with Gasteiger partial charge in [-0.15, -0.1) is 0 Å². The lowest BCUT2D eigenvalue weighted by molar-refractivity contribution is -0.146. The SMILES string of the molecule is CCNC(=NCCNC(=O)c1ccc(O)cc1)N1CCC(C(=O)OC)CC1.